The Morgan fingerprint density at radius 3 is 2.61 bits per heavy atom. The zero-order chi connectivity index (χ0) is 31.1. The number of thioether (sulfide) groups is 1. The highest BCUT2D eigenvalue weighted by Crippen LogP contribution is 2.40. The molecular weight excluding hydrogens is 598 g/mol. The predicted molar refractivity (Wildman–Crippen MR) is 175 cm³/mol. The Balaban J connectivity index is 1.52. The van der Waals surface area contributed by atoms with Crippen LogP contribution in [0.4, 0.5) is 11.6 Å². The van der Waals surface area contributed by atoms with Gasteiger partial charge in [-0.15, -0.1) is 5.10 Å². The van der Waals surface area contributed by atoms with Crippen LogP contribution in [-0.2, 0) is 10.5 Å². The lowest BCUT2D eigenvalue weighted by Gasteiger charge is -2.29. The van der Waals surface area contributed by atoms with E-state index in [1.54, 1.807) is 11.8 Å². The maximum Gasteiger partial charge on any atom is 0.255 e. The molecule has 1 amide bonds. The normalized spacial score (nSPS) is 14.1. The molecule has 3 aromatic carbocycles. The molecule has 0 saturated carbocycles. The van der Waals surface area contributed by atoms with Gasteiger partial charge in [0.05, 0.1) is 31.6 Å². The van der Waals surface area contributed by atoms with Gasteiger partial charge in [0, 0.05) is 16.5 Å². The van der Waals surface area contributed by atoms with Gasteiger partial charge >= 0.3 is 0 Å². The molecule has 1 aromatic heterocycles. The number of benzene rings is 3. The molecule has 0 radical (unpaired) electrons. The minimum absolute atomic E-state index is 0.291. The van der Waals surface area contributed by atoms with Crippen molar-refractivity contribution in [1.82, 2.24) is 14.8 Å². The monoisotopic (exact) mass is 633 g/mol. The average molecular weight is 634 g/mol. The Morgan fingerprint density at radius 2 is 1.84 bits per heavy atom. The fraction of sp³-hybridized carbons (Fsp3) is 0.303. The summed E-state index contributed by atoms with van der Waals surface area (Å²) in [5.74, 6) is 2.65. The fourth-order valence-corrected chi connectivity index (χ4v) is 6.01. The SMILES string of the molecule is CCCCOc1ccc(C2C(C(=O)Nc3ccccc3OCC)=C(C)Nc3nc(SCc4ccccc4Cl)nn32)cc1OC. The number of fused-ring (bicyclic) bond motifs is 1. The van der Waals surface area contributed by atoms with Gasteiger partial charge in [-0.05, 0) is 61.7 Å². The first-order chi connectivity index (χ1) is 21.4. The van der Waals surface area contributed by atoms with E-state index in [0.29, 0.717) is 69.3 Å². The second kappa shape index (κ2) is 14.5. The molecule has 1 atom stereocenters. The van der Waals surface area contributed by atoms with E-state index in [1.807, 2.05) is 80.6 Å². The molecular formula is C33H36ClN5O4S. The number of nitrogens with one attached hydrogen (secondary N) is 2. The summed E-state index contributed by atoms with van der Waals surface area (Å²) >= 11 is 7.87. The Morgan fingerprint density at radius 1 is 1.05 bits per heavy atom. The van der Waals surface area contributed by atoms with Gasteiger partial charge in [-0.1, -0.05) is 73.1 Å². The van der Waals surface area contributed by atoms with Crippen LogP contribution in [0.5, 0.6) is 17.2 Å². The lowest BCUT2D eigenvalue weighted by atomic mass is 9.94. The van der Waals surface area contributed by atoms with Crippen molar-refractivity contribution in [2.45, 2.75) is 50.6 Å². The molecule has 0 bridgehead atoms. The number of unbranched alkanes of at least 4 members (excludes halogenated alkanes) is 1. The molecule has 0 fully saturated rings. The summed E-state index contributed by atoms with van der Waals surface area (Å²) in [5, 5.41) is 12.5. The molecule has 2 N–H and O–H groups in total. The van der Waals surface area contributed by atoms with Crippen LogP contribution < -0.4 is 24.8 Å². The van der Waals surface area contributed by atoms with Crippen LogP contribution in [0.2, 0.25) is 5.02 Å². The van der Waals surface area contributed by atoms with Crippen molar-refractivity contribution in [3.05, 3.63) is 94.1 Å². The number of rotatable bonds is 13. The second-order valence-corrected chi connectivity index (χ2v) is 11.5. The lowest BCUT2D eigenvalue weighted by molar-refractivity contribution is -0.113. The summed E-state index contributed by atoms with van der Waals surface area (Å²) in [5.41, 5.74) is 3.50. The Hall–Kier alpha value is -4.15. The van der Waals surface area contributed by atoms with E-state index >= 15 is 0 Å². The molecule has 230 valence electrons. The third kappa shape index (κ3) is 6.97. The van der Waals surface area contributed by atoms with Crippen molar-refractivity contribution in [3.8, 4) is 17.2 Å². The van der Waals surface area contributed by atoms with Crippen LogP contribution in [0.15, 0.2) is 83.2 Å². The van der Waals surface area contributed by atoms with E-state index in [2.05, 4.69) is 17.6 Å². The van der Waals surface area contributed by atoms with Crippen molar-refractivity contribution in [2.24, 2.45) is 0 Å². The number of halogens is 1. The first-order valence-electron chi connectivity index (χ1n) is 14.6. The van der Waals surface area contributed by atoms with Crippen LogP contribution >= 0.6 is 23.4 Å². The van der Waals surface area contributed by atoms with E-state index in [4.69, 9.17) is 35.9 Å². The third-order valence-corrected chi connectivity index (χ3v) is 8.34. The molecule has 0 aliphatic carbocycles. The van der Waals surface area contributed by atoms with Gasteiger partial charge in [-0.2, -0.15) is 4.98 Å². The van der Waals surface area contributed by atoms with Gasteiger partial charge < -0.3 is 24.8 Å². The van der Waals surface area contributed by atoms with Crippen molar-refractivity contribution in [3.63, 3.8) is 0 Å². The number of carbonyl (C=O) groups is 1. The number of para-hydroxylation sites is 2. The molecule has 44 heavy (non-hydrogen) atoms. The molecule has 2 heterocycles. The second-order valence-electron chi connectivity index (χ2n) is 10.1. The van der Waals surface area contributed by atoms with Gasteiger partial charge in [0.25, 0.3) is 5.91 Å². The highest BCUT2D eigenvalue weighted by Gasteiger charge is 2.35. The molecule has 1 unspecified atom stereocenters. The van der Waals surface area contributed by atoms with Gasteiger partial charge in [0.2, 0.25) is 11.1 Å². The summed E-state index contributed by atoms with van der Waals surface area (Å²) in [6.07, 6.45) is 1.96. The van der Waals surface area contributed by atoms with Crippen molar-refractivity contribution >= 4 is 40.9 Å². The summed E-state index contributed by atoms with van der Waals surface area (Å²) in [4.78, 5) is 18.8. The number of nitrogens with zero attached hydrogens (tertiary/aromatic N) is 3. The van der Waals surface area contributed by atoms with Gasteiger partial charge in [-0.25, -0.2) is 4.68 Å². The maximum atomic E-state index is 14.1. The number of anilines is 2. The van der Waals surface area contributed by atoms with Crippen LogP contribution in [0.3, 0.4) is 0 Å². The number of hydrogen-bond donors (Lipinski definition) is 2. The molecule has 9 nitrogen and oxygen atoms in total. The standard InChI is InChI=1S/C33H36ClN5O4S/c1-5-7-18-43-27-17-16-22(19-28(27)41-4)30-29(31(40)36-25-14-10-11-15-26(25)42-6-2)21(3)35-32-37-33(38-39(30)32)44-20-23-12-8-9-13-24(23)34/h8-17,19,30H,5-7,18,20H2,1-4H3,(H,36,40)(H,35,37,38). The van der Waals surface area contributed by atoms with E-state index in [9.17, 15) is 4.79 Å². The summed E-state index contributed by atoms with van der Waals surface area (Å²) in [6.45, 7) is 6.95. The Labute approximate surface area is 267 Å². The fourth-order valence-electron chi connectivity index (χ4n) is 4.89. The first-order valence-corrected chi connectivity index (χ1v) is 15.9. The van der Waals surface area contributed by atoms with E-state index in [1.165, 1.54) is 11.8 Å². The Bertz CT molecular complexity index is 1660. The molecule has 4 aromatic rings. The first kappa shape index (κ1) is 31.3. The molecule has 0 saturated heterocycles. The van der Waals surface area contributed by atoms with Crippen LogP contribution in [-0.4, -0.2) is 41.0 Å². The molecule has 5 rings (SSSR count). The molecule has 1 aliphatic heterocycles. The van der Waals surface area contributed by atoms with E-state index in [-0.39, 0.29) is 5.91 Å². The smallest absolute Gasteiger partial charge is 0.255 e. The Kier molecular flexibility index (Phi) is 10.3. The highest BCUT2D eigenvalue weighted by atomic mass is 35.5. The van der Waals surface area contributed by atoms with Crippen LogP contribution in [0.1, 0.15) is 50.8 Å². The molecule has 0 spiro atoms. The number of carbonyl (C=O) groups excluding carboxylic acids is 1. The quantitative estimate of drug-likeness (QED) is 0.114. The van der Waals surface area contributed by atoms with E-state index in [0.717, 1.165) is 24.0 Å². The van der Waals surface area contributed by atoms with E-state index < -0.39 is 6.04 Å². The minimum atomic E-state index is -0.605. The lowest BCUT2D eigenvalue weighted by Crippen LogP contribution is -2.31. The zero-order valence-electron chi connectivity index (χ0n) is 25.2. The van der Waals surface area contributed by atoms with Crippen LogP contribution in [0, 0.1) is 0 Å². The van der Waals surface area contributed by atoms with Crippen molar-refractivity contribution < 1.29 is 19.0 Å². The summed E-state index contributed by atoms with van der Waals surface area (Å²) < 4.78 is 19.2. The summed E-state index contributed by atoms with van der Waals surface area (Å²) in [7, 11) is 1.61. The topological polar surface area (TPSA) is 99.5 Å². The average Bonchev–Trinajstić information content (AvgIpc) is 3.43. The highest BCUT2D eigenvalue weighted by molar-refractivity contribution is 7.98. The molecule has 11 heteroatoms. The zero-order valence-corrected chi connectivity index (χ0v) is 26.8. The number of ether oxygens (including phenoxy) is 3. The number of amides is 1. The number of allylic oxidation sites excluding steroid dienone is 1. The third-order valence-electron chi connectivity index (χ3n) is 7.09. The number of aromatic nitrogens is 3. The number of methoxy groups -OCH3 is 1. The minimum Gasteiger partial charge on any atom is -0.493 e. The van der Waals surface area contributed by atoms with Crippen molar-refractivity contribution in [1.29, 1.82) is 0 Å². The van der Waals surface area contributed by atoms with Gasteiger partial charge in [0.1, 0.15) is 11.8 Å². The predicted octanol–water partition coefficient (Wildman–Crippen LogP) is 7.74. The molecule has 1 aliphatic rings. The van der Waals surface area contributed by atoms with Gasteiger partial charge in [0.15, 0.2) is 11.5 Å². The van der Waals surface area contributed by atoms with Gasteiger partial charge in [-0.3, -0.25) is 4.79 Å². The van der Waals surface area contributed by atoms with Crippen LogP contribution in [0.25, 0.3) is 0 Å². The summed E-state index contributed by atoms with van der Waals surface area (Å²) in [6, 6.07) is 20.2. The maximum absolute atomic E-state index is 14.1. The van der Waals surface area contributed by atoms with Crippen molar-refractivity contribution in [2.75, 3.05) is 31.0 Å². The number of hydrogen-bond acceptors (Lipinski definition) is 8. The largest absolute Gasteiger partial charge is 0.493 e.